The van der Waals surface area contributed by atoms with Gasteiger partial charge in [0.15, 0.2) is 0 Å². The molecule has 25 heavy (non-hydrogen) atoms. The minimum Gasteiger partial charge on any atom is -0.322 e. The van der Waals surface area contributed by atoms with E-state index in [2.05, 4.69) is 0 Å². The molecule has 1 fully saturated rings. The number of hydrogen-bond donors (Lipinski definition) is 0. The van der Waals surface area contributed by atoms with Crippen molar-refractivity contribution in [1.82, 2.24) is 9.80 Å². The lowest BCUT2D eigenvalue weighted by Gasteiger charge is -2.25. The van der Waals surface area contributed by atoms with E-state index in [9.17, 15) is 9.59 Å². The van der Waals surface area contributed by atoms with Crippen molar-refractivity contribution in [3.8, 4) is 0 Å². The lowest BCUT2D eigenvalue weighted by molar-refractivity contribution is -0.129. The molecule has 4 heteroatoms. The summed E-state index contributed by atoms with van der Waals surface area (Å²) >= 11 is 0. The second-order valence-electron chi connectivity index (χ2n) is 6.77. The summed E-state index contributed by atoms with van der Waals surface area (Å²) in [5, 5.41) is 0. The molecule has 3 rings (SSSR count). The summed E-state index contributed by atoms with van der Waals surface area (Å²) in [7, 11) is 1.76. The van der Waals surface area contributed by atoms with Crippen molar-refractivity contribution in [2.24, 2.45) is 0 Å². The summed E-state index contributed by atoms with van der Waals surface area (Å²) in [6, 6.07) is 19.2. The van der Waals surface area contributed by atoms with Crippen molar-refractivity contribution in [3.05, 3.63) is 71.8 Å². The van der Waals surface area contributed by atoms with E-state index in [4.69, 9.17) is 0 Å². The molecule has 2 aromatic rings. The number of rotatable bonds is 4. The Labute approximate surface area is 149 Å². The zero-order valence-electron chi connectivity index (χ0n) is 14.9. The van der Waals surface area contributed by atoms with Crippen LogP contribution in [0.2, 0.25) is 0 Å². The first kappa shape index (κ1) is 17.2. The van der Waals surface area contributed by atoms with E-state index in [-0.39, 0.29) is 29.9 Å². The average Bonchev–Trinajstić information content (AvgIpc) is 2.87. The van der Waals surface area contributed by atoms with Gasteiger partial charge in [-0.15, -0.1) is 0 Å². The summed E-state index contributed by atoms with van der Waals surface area (Å²) in [5.41, 5.74) is 2.11. The molecule has 1 aliphatic rings. The van der Waals surface area contributed by atoms with Gasteiger partial charge < -0.3 is 4.90 Å². The number of amides is 3. The predicted octanol–water partition coefficient (Wildman–Crippen LogP) is 4.20. The van der Waals surface area contributed by atoms with Gasteiger partial charge in [0, 0.05) is 13.5 Å². The maximum absolute atomic E-state index is 13.0. The van der Waals surface area contributed by atoms with E-state index >= 15 is 0 Å². The van der Waals surface area contributed by atoms with Crippen LogP contribution in [0.15, 0.2) is 60.7 Å². The zero-order chi connectivity index (χ0) is 18.0. The third-order valence-electron chi connectivity index (χ3n) is 5.11. The highest BCUT2D eigenvalue weighted by Crippen LogP contribution is 2.35. The smallest absolute Gasteiger partial charge is 0.322 e. The Bertz CT molecular complexity index is 745. The van der Waals surface area contributed by atoms with E-state index < -0.39 is 0 Å². The van der Waals surface area contributed by atoms with E-state index in [0.29, 0.717) is 6.42 Å². The van der Waals surface area contributed by atoms with Gasteiger partial charge in [0.1, 0.15) is 0 Å². The molecule has 4 nitrogen and oxygen atoms in total. The molecule has 1 saturated heterocycles. The second kappa shape index (κ2) is 7.09. The molecule has 2 aromatic carbocycles. The van der Waals surface area contributed by atoms with Crippen LogP contribution in [0.4, 0.5) is 4.79 Å². The van der Waals surface area contributed by atoms with Gasteiger partial charge in [-0.25, -0.2) is 4.79 Å². The number of carbonyl (C=O) groups excluding carboxylic acids is 2. The van der Waals surface area contributed by atoms with Crippen LogP contribution in [0.5, 0.6) is 0 Å². The monoisotopic (exact) mass is 336 g/mol. The van der Waals surface area contributed by atoms with Gasteiger partial charge in [-0.05, 0) is 24.0 Å². The molecular weight excluding hydrogens is 312 g/mol. The van der Waals surface area contributed by atoms with Gasteiger partial charge in [0.05, 0.1) is 12.1 Å². The standard InChI is InChI=1S/C21H24N2O2/c1-15(17-10-6-4-7-11-17)14-19(24)23-20(16(2)22(3)21(23)25)18-12-8-5-9-13-18/h4-13,15-16,20H,14H2,1-3H3/t15-,16+,20+/m1/s1. The van der Waals surface area contributed by atoms with Crippen LogP contribution in [0.25, 0.3) is 0 Å². The molecule has 130 valence electrons. The van der Waals surface area contributed by atoms with Gasteiger partial charge in [0.25, 0.3) is 0 Å². The maximum atomic E-state index is 13.0. The number of nitrogens with zero attached hydrogens (tertiary/aromatic N) is 2. The Balaban J connectivity index is 1.85. The summed E-state index contributed by atoms with van der Waals surface area (Å²) in [4.78, 5) is 28.8. The Morgan fingerprint density at radius 3 is 2.20 bits per heavy atom. The highest BCUT2D eigenvalue weighted by atomic mass is 16.2. The number of urea groups is 1. The molecule has 0 saturated carbocycles. The van der Waals surface area contributed by atoms with Crippen molar-refractivity contribution in [2.75, 3.05) is 7.05 Å². The molecule has 3 amide bonds. The number of likely N-dealkylation sites (N-methyl/N-ethyl adjacent to an activating group) is 1. The summed E-state index contributed by atoms with van der Waals surface area (Å²) in [5.74, 6) is -0.0504. The lowest BCUT2D eigenvalue weighted by Crippen LogP contribution is -2.36. The highest BCUT2D eigenvalue weighted by Gasteiger charge is 2.45. The van der Waals surface area contributed by atoms with E-state index in [0.717, 1.165) is 11.1 Å². The Morgan fingerprint density at radius 2 is 1.60 bits per heavy atom. The largest absolute Gasteiger partial charge is 0.327 e. The topological polar surface area (TPSA) is 40.6 Å². The fourth-order valence-electron chi connectivity index (χ4n) is 3.49. The van der Waals surface area contributed by atoms with Crippen LogP contribution in [0.1, 0.15) is 43.4 Å². The van der Waals surface area contributed by atoms with Crippen LogP contribution in [0, 0.1) is 0 Å². The molecule has 1 heterocycles. The van der Waals surface area contributed by atoms with Gasteiger partial charge in [-0.2, -0.15) is 0 Å². The molecule has 0 unspecified atom stereocenters. The van der Waals surface area contributed by atoms with Crippen LogP contribution < -0.4 is 0 Å². The molecule has 0 N–H and O–H groups in total. The SMILES string of the molecule is C[C@H](CC(=O)N1C(=O)N(C)[C@@H](C)[C@H]1c1ccccc1)c1ccccc1. The van der Waals surface area contributed by atoms with Gasteiger partial charge in [0.2, 0.25) is 5.91 Å². The number of hydrogen-bond acceptors (Lipinski definition) is 2. The van der Waals surface area contributed by atoms with Gasteiger partial charge >= 0.3 is 6.03 Å². The first-order valence-electron chi connectivity index (χ1n) is 8.69. The first-order valence-corrected chi connectivity index (χ1v) is 8.69. The predicted molar refractivity (Wildman–Crippen MR) is 98.1 cm³/mol. The molecule has 0 bridgehead atoms. The second-order valence-corrected chi connectivity index (χ2v) is 6.77. The minimum atomic E-state index is -0.242. The fourth-order valence-corrected chi connectivity index (χ4v) is 3.49. The van der Waals surface area contributed by atoms with Gasteiger partial charge in [-0.3, -0.25) is 9.69 Å². The molecule has 0 aliphatic carbocycles. The summed E-state index contributed by atoms with van der Waals surface area (Å²) in [6.07, 6.45) is 0.319. The molecule has 0 spiro atoms. The summed E-state index contributed by atoms with van der Waals surface area (Å²) < 4.78 is 0. The third kappa shape index (κ3) is 3.29. The number of carbonyl (C=O) groups is 2. The van der Waals surface area contributed by atoms with Crippen LogP contribution >= 0.6 is 0 Å². The van der Waals surface area contributed by atoms with E-state index in [1.54, 1.807) is 11.9 Å². The first-order chi connectivity index (χ1) is 12.0. The Kier molecular flexibility index (Phi) is 4.88. The van der Waals surface area contributed by atoms with Crippen molar-refractivity contribution < 1.29 is 9.59 Å². The molecule has 1 aliphatic heterocycles. The van der Waals surface area contributed by atoms with Crippen molar-refractivity contribution in [3.63, 3.8) is 0 Å². The van der Waals surface area contributed by atoms with Gasteiger partial charge in [-0.1, -0.05) is 67.6 Å². The fraction of sp³-hybridized carbons (Fsp3) is 0.333. The van der Waals surface area contributed by atoms with Crippen molar-refractivity contribution in [2.45, 2.75) is 38.3 Å². The molecule has 3 atom stereocenters. The molecule has 0 radical (unpaired) electrons. The maximum Gasteiger partial charge on any atom is 0.327 e. The Hall–Kier alpha value is -2.62. The molecule has 0 aromatic heterocycles. The van der Waals surface area contributed by atoms with E-state index in [1.165, 1.54) is 4.90 Å². The van der Waals surface area contributed by atoms with Crippen molar-refractivity contribution >= 4 is 11.9 Å². The van der Waals surface area contributed by atoms with Crippen molar-refractivity contribution in [1.29, 1.82) is 0 Å². The zero-order valence-corrected chi connectivity index (χ0v) is 14.9. The Morgan fingerprint density at radius 1 is 1.04 bits per heavy atom. The number of imide groups is 1. The van der Waals surface area contributed by atoms with Crippen LogP contribution in [0.3, 0.4) is 0 Å². The summed E-state index contributed by atoms with van der Waals surface area (Å²) in [6.45, 7) is 4.02. The average molecular weight is 336 g/mol. The third-order valence-corrected chi connectivity index (χ3v) is 5.11. The molecular formula is C21H24N2O2. The lowest BCUT2D eigenvalue weighted by atomic mass is 9.95. The van der Waals surface area contributed by atoms with E-state index in [1.807, 2.05) is 74.5 Å². The highest BCUT2D eigenvalue weighted by molar-refractivity contribution is 5.97. The number of benzene rings is 2. The quantitative estimate of drug-likeness (QED) is 0.839. The van der Waals surface area contributed by atoms with Crippen LogP contribution in [-0.2, 0) is 4.79 Å². The minimum absolute atomic E-state index is 0.0501. The normalized spacial score (nSPS) is 21.5. The van der Waals surface area contributed by atoms with Crippen LogP contribution in [-0.4, -0.2) is 34.8 Å².